The molecule has 0 atom stereocenters. The van der Waals surface area contributed by atoms with Crippen LogP contribution < -0.4 is 5.73 Å². The molecular weight excluding hydrogens is 136 g/mol. The van der Waals surface area contributed by atoms with E-state index in [9.17, 15) is 8.78 Å². The summed E-state index contributed by atoms with van der Waals surface area (Å²) in [5, 5.41) is 0. The fourth-order valence-corrected chi connectivity index (χ4v) is 1.59. The van der Waals surface area contributed by atoms with Gasteiger partial charge < -0.3 is 5.73 Å². The number of halogens is 2. The number of rotatable bonds is 2. The lowest BCUT2D eigenvalue weighted by molar-refractivity contribution is 0.00504. The molecule has 0 spiro atoms. The first kappa shape index (κ1) is 7.92. The second kappa shape index (κ2) is 2.82. The molecule has 0 heterocycles. The van der Waals surface area contributed by atoms with E-state index in [1.54, 1.807) is 0 Å². The van der Waals surface area contributed by atoms with Gasteiger partial charge in [0.25, 0.3) is 0 Å². The highest BCUT2D eigenvalue weighted by Gasteiger charge is 2.40. The van der Waals surface area contributed by atoms with E-state index in [0.717, 1.165) is 12.8 Å². The molecule has 0 aromatic heterocycles. The van der Waals surface area contributed by atoms with Crippen LogP contribution in [0.3, 0.4) is 0 Å². The second-order valence-corrected chi connectivity index (χ2v) is 3.07. The van der Waals surface area contributed by atoms with Crippen LogP contribution >= 0.6 is 0 Å². The number of nitrogens with two attached hydrogens (primary N) is 1. The van der Waals surface area contributed by atoms with Crippen LogP contribution in [0.25, 0.3) is 0 Å². The fraction of sp³-hybridized carbons (Fsp3) is 1.00. The van der Waals surface area contributed by atoms with Crippen LogP contribution in [-0.2, 0) is 0 Å². The van der Waals surface area contributed by atoms with Gasteiger partial charge in [0.1, 0.15) is 0 Å². The van der Waals surface area contributed by atoms with E-state index in [0.29, 0.717) is 12.8 Å². The SMILES string of the molecule is NCC1(C(F)F)CCCC1. The quantitative estimate of drug-likeness (QED) is 0.636. The summed E-state index contributed by atoms with van der Waals surface area (Å²) in [6.45, 7) is 0.144. The van der Waals surface area contributed by atoms with Gasteiger partial charge in [-0.2, -0.15) is 0 Å². The molecule has 0 aromatic rings. The van der Waals surface area contributed by atoms with E-state index in [1.165, 1.54) is 0 Å². The van der Waals surface area contributed by atoms with Crippen molar-refractivity contribution in [1.82, 2.24) is 0 Å². The normalized spacial score (nSPS) is 24.0. The summed E-state index contributed by atoms with van der Waals surface area (Å²) in [6.07, 6.45) is 0.839. The minimum atomic E-state index is -2.22. The summed E-state index contributed by atoms with van der Waals surface area (Å²) in [4.78, 5) is 0. The maximum absolute atomic E-state index is 12.3. The van der Waals surface area contributed by atoms with Gasteiger partial charge in [-0.25, -0.2) is 8.78 Å². The molecule has 10 heavy (non-hydrogen) atoms. The van der Waals surface area contributed by atoms with Crippen molar-refractivity contribution in [3.8, 4) is 0 Å². The molecule has 0 amide bonds. The molecular formula is C7H13F2N. The highest BCUT2D eigenvalue weighted by molar-refractivity contribution is 4.87. The van der Waals surface area contributed by atoms with Gasteiger partial charge >= 0.3 is 0 Å². The van der Waals surface area contributed by atoms with Crippen LogP contribution in [0.2, 0.25) is 0 Å². The molecule has 0 radical (unpaired) electrons. The number of hydrogen-bond acceptors (Lipinski definition) is 1. The zero-order chi connectivity index (χ0) is 7.61. The summed E-state index contributed by atoms with van der Waals surface area (Å²) in [6, 6.07) is 0. The van der Waals surface area contributed by atoms with Crippen molar-refractivity contribution >= 4 is 0 Å². The van der Waals surface area contributed by atoms with Crippen molar-refractivity contribution in [3.63, 3.8) is 0 Å². The van der Waals surface area contributed by atoms with E-state index >= 15 is 0 Å². The predicted molar refractivity (Wildman–Crippen MR) is 36.0 cm³/mol. The Morgan fingerprint density at radius 2 is 1.80 bits per heavy atom. The Labute approximate surface area is 59.6 Å². The Kier molecular flexibility index (Phi) is 2.24. The Morgan fingerprint density at radius 1 is 1.30 bits per heavy atom. The molecule has 60 valence electrons. The predicted octanol–water partition coefficient (Wildman–Crippen LogP) is 1.77. The van der Waals surface area contributed by atoms with Gasteiger partial charge in [-0.05, 0) is 12.8 Å². The van der Waals surface area contributed by atoms with E-state index < -0.39 is 11.8 Å². The smallest absolute Gasteiger partial charge is 0.245 e. The molecule has 3 heteroatoms. The van der Waals surface area contributed by atoms with Gasteiger partial charge in [0, 0.05) is 12.0 Å². The highest BCUT2D eigenvalue weighted by Crippen LogP contribution is 2.41. The third kappa shape index (κ3) is 1.15. The van der Waals surface area contributed by atoms with Crippen molar-refractivity contribution in [2.24, 2.45) is 11.1 Å². The fourth-order valence-electron chi connectivity index (χ4n) is 1.59. The Hall–Kier alpha value is -0.180. The molecule has 0 unspecified atom stereocenters. The lowest BCUT2D eigenvalue weighted by Gasteiger charge is -2.25. The third-order valence-corrected chi connectivity index (χ3v) is 2.47. The van der Waals surface area contributed by atoms with Gasteiger partial charge in [0.05, 0.1) is 0 Å². The Bertz CT molecular complexity index is 108. The van der Waals surface area contributed by atoms with Crippen LogP contribution in [0.4, 0.5) is 8.78 Å². The van der Waals surface area contributed by atoms with Crippen LogP contribution in [0, 0.1) is 5.41 Å². The Morgan fingerprint density at radius 3 is 2.00 bits per heavy atom. The summed E-state index contributed by atoms with van der Waals surface area (Å²) >= 11 is 0. The van der Waals surface area contributed by atoms with Crippen LogP contribution in [0.15, 0.2) is 0 Å². The maximum Gasteiger partial charge on any atom is 0.245 e. The second-order valence-electron chi connectivity index (χ2n) is 3.07. The van der Waals surface area contributed by atoms with Crippen LogP contribution in [-0.4, -0.2) is 13.0 Å². The molecule has 2 N–H and O–H groups in total. The monoisotopic (exact) mass is 149 g/mol. The summed E-state index contributed by atoms with van der Waals surface area (Å²) in [5.74, 6) is 0. The molecule has 1 saturated carbocycles. The lowest BCUT2D eigenvalue weighted by atomic mass is 9.87. The zero-order valence-electron chi connectivity index (χ0n) is 5.95. The minimum Gasteiger partial charge on any atom is -0.330 e. The average molecular weight is 149 g/mol. The van der Waals surface area contributed by atoms with Gasteiger partial charge in [0.15, 0.2) is 0 Å². The van der Waals surface area contributed by atoms with Gasteiger partial charge in [-0.15, -0.1) is 0 Å². The van der Waals surface area contributed by atoms with Gasteiger partial charge in [0.2, 0.25) is 6.43 Å². The number of alkyl halides is 2. The maximum atomic E-state index is 12.3. The van der Waals surface area contributed by atoms with Crippen molar-refractivity contribution < 1.29 is 8.78 Å². The first-order chi connectivity index (χ1) is 4.71. The average Bonchev–Trinajstić information content (AvgIpc) is 2.35. The molecule has 0 aliphatic heterocycles. The third-order valence-electron chi connectivity index (χ3n) is 2.47. The van der Waals surface area contributed by atoms with Crippen LogP contribution in [0.5, 0.6) is 0 Å². The van der Waals surface area contributed by atoms with E-state index in [4.69, 9.17) is 5.73 Å². The van der Waals surface area contributed by atoms with Crippen molar-refractivity contribution in [2.75, 3.05) is 6.54 Å². The lowest BCUT2D eigenvalue weighted by Crippen LogP contribution is -2.34. The Balaban J connectivity index is 2.58. The molecule has 1 aliphatic carbocycles. The van der Waals surface area contributed by atoms with E-state index in [2.05, 4.69) is 0 Å². The zero-order valence-corrected chi connectivity index (χ0v) is 5.95. The minimum absolute atomic E-state index is 0.144. The van der Waals surface area contributed by atoms with Crippen molar-refractivity contribution in [2.45, 2.75) is 32.1 Å². The largest absolute Gasteiger partial charge is 0.330 e. The van der Waals surface area contributed by atoms with Crippen LogP contribution in [0.1, 0.15) is 25.7 Å². The highest BCUT2D eigenvalue weighted by atomic mass is 19.3. The molecule has 0 saturated heterocycles. The number of hydrogen-bond donors (Lipinski definition) is 1. The molecule has 1 rings (SSSR count). The molecule has 0 aromatic carbocycles. The molecule has 1 nitrogen and oxygen atoms in total. The van der Waals surface area contributed by atoms with Crippen molar-refractivity contribution in [1.29, 1.82) is 0 Å². The molecule has 0 bridgehead atoms. The standard InChI is InChI=1S/C7H13F2N/c8-6(9)7(5-10)3-1-2-4-7/h6H,1-5,10H2. The topological polar surface area (TPSA) is 26.0 Å². The van der Waals surface area contributed by atoms with E-state index in [1.807, 2.05) is 0 Å². The van der Waals surface area contributed by atoms with Crippen molar-refractivity contribution in [3.05, 3.63) is 0 Å². The summed E-state index contributed by atoms with van der Waals surface area (Å²) < 4.78 is 24.6. The van der Waals surface area contributed by atoms with Gasteiger partial charge in [-0.3, -0.25) is 0 Å². The molecule has 1 aliphatic rings. The summed E-state index contributed by atoms with van der Waals surface area (Å²) in [5.41, 5.74) is 4.47. The van der Waals surface area contributed by atoms with Gasteiger partial charge in [-0.1, -0.05) is 12.8 Å². The first-order valence-electron chi connectivity index (χ1n) is 3.69. The first-order valence-corrected chi connectivity index (χ1v) is 3.69. The summed E-state index contributed by atoms with van der Waals surface area (Å²) in [7, 11) is 0. The molecule has 1 fully saturated rings. The van der Waals surface area contributed by atoms with E-state index in [-0.39, 0.29) is 6.54 Å².